The summed E-state index contributed by atoms with van der Waals surface area (Å²) in [6, 6.07) is -0.158. The van der Waals surface area contributed by atoms with Gasteiger partial charge in [0.05, 0.1) is 11.1 Å². The zero-order valence-corrected chi connectivity index (χ0v) is 11.3. The van der Waals surface area contributed by atoms with E-state index in [0.29, 0.717) is 65.0 Å². The summed E-state index contributed by atoms with van der Waals surface area (Å²) in [6.07, 6.45) is 3.88. The molecule has 3 rings (SSSR count). The Morgan fingerprint density at radius 3 is 1.95 bits per heavy atom. The quantitative estimate of drug-likeness (QED) is 0.777. The van der Waals surface area contributed by atoms with Gasteiger partial charge in [-0.2, -0.15) is 0 Å². The Kier molecular flexibility index (Phi) is 2.93. The first-order chi connectivity index (χ1) is 10.4. The molecule has 1 N–H and O–H groups in total. The summed E-state index contributed by atoms with van der Waals surface area (Å²) in [5.41, 5.74) is -0.979. The zero-order chi connectivity index (χ0) is 15.8. The highest BCUT2D eigenvalue weighted by Gasteiger charge is 2.55. The van der Waals surface area contributed by atoms with Gasteiger partial charge < -0.3 is 14.8 Å². The highest BCUT2D eigenvalue weighted by molar-refractivity contribution is 5.07. The van der Waals surface area contributed by atoms with Crippen molar-refractivity contribution in [2.45, 2.75) is 55.6 Å². The average molecular weight is 272 g/mol. The van der Waals surface area contributed by atoms with Crippen LogP contribution in [0.5, 0.6) is 0 Å². The Hall–Kier alpha value is -0.200. The van der Waals surface area contributed by atoms with E-state index in [0.717, 1.165) is 0 Å². The van der Waals surface area contributed by atoms with Gasteiger partial charge in [-0.15, -0.1) is 10.3 Å². The molecule has 3 saturated heterocycles. The number of nitrogens with one attached hydrogen (secondary N) is 1. The second kappa shape index (κ2) is 5.30. The van der Waals surface area contributed by atoms with Gasteiger partial charge in [0, 0.05) is 36.6 Å². The first kappa shape index (κ1) is 10.5. The molecule has 0 saturated carbocycles. The van der Waals surface area contributed by atoms with Gasteiger partial charge in [-0.3, -0.25) is 0 Å². The summed E-state index contributed by atoms with van der Waals surface area (Å²) in [6.45, 7) is 0.129. The third kappa shape index (κ3) is 2.32. The molecule has 3 fully saturated rings. The Balaban J connectivity index is 1.86. The van der Waals surface area contributed by atoms with Crippen LogP contribution in [0.25, 0.3) is 0 Å². The van der Waals surface area contributed by atoms with Gasteiger partial charge in [0.1, 0.15) is 0 Å². The summed E-state index contributed by atoms with van der Waals surface area (Å²) in [4.78, 5) is 0. The van der Waals surface area contributed by atoms with Crippen molar-refractivity contribution in [3.05, 3.63) is 0 Å². The summed E-state index contributed by atoms with van der Waals surface area (Å²) in [5, 5.41) is 17.3. The fraction of sp³-hybridized carbons (Fsp3) is 1.00. The molecule has 0 amide bonds. The van der Waals surface area contributed by atoms with E-state index in [1.165, 1.54) is 5.06 Å². The Bertz CT molecular complexity index is 365. The lowest BCUT2D eigenvalue weighted by Gasteiger charge is -2.57. The molecule has 0 aliphatic carbocycles. The van der Waals surface area contributed by atoms with Crippen LogP contribution in [0.3, 0.4) is 0 Å². The lowest BCUT2D eigenvalue weighted by Crippen LogP contribution is -2.68. The monoisotopic (exact) mass is 272 g/mol. The number of hydrogen-bond donors (Lipinski definition) is 1. The number of nitrogens with zero attached hydrogens (tertiary/aromatic N) is 1. The molecule has 0 aromatic rings. The molecule has 109 valence electrons. The van der Waals surface area contributed by atoms with Crippen LogP contribution in [0.1, 0.15) is 42.6 Å². The third-order valence-corrected chi connectivity index (χ3v) is 5.17. The van der Waals surface area contributed by atoms with Crippen molar-refractivity contribution in [1.82, 2.24) is 10.4 Å². The van der Waals surface area contributed by atoms with Gasteiger partial charge in [0.25, 0.3) is 0 Å². The van der Waals surface area contributed by atoms with Gasteiger partial charge in [-0.05, 0) is 45.5 Å². The third-order valence-electron chi connectivity index (χ3n) is 5.17. The summed E-state index contributed by atoms with van der Waals surface area (Å²) in [7, 11) is 0. The van der Waals surface area contributed by atoms with E-state index in [9.17, 15) is 5.21 Å². The lowest BCUT2D eigenvalue weighted by atomic mass is 9.69. The van der Waals surface area contributed by atoms with Crippen molar-refractivity contribution in [3.8, 4) is 0 Å². The van der Waals surface area contributed by atoms with Crippen LogP contribution in [0.15, 0.2) is 0 Å². The van der Waals surface area contributed by atoms with Gasteiger partial charge in [0.15, 0.2) is 0 Å². The van der Waals surface area contributed by atoms with Crippen molar-refractivity contribution in [2.24, 2.45) is 0 Å². The van der Waals surface area contributed by atoms with Crippen LogP contribution in [0.2, 0.25) is 0 Å². The van der Waals surface area contributed by atoms with E-state index in [1.807, 2.05) is 0 Å². The maximum Gasteiger partial charge on any atom is 0.0558 e. The smallest absolute Gasteiger partial charge is 0.0558 e. The molecule has 5 nitrogen and oxygen atoms in total. The molecule has 3 aliphatic heterocycles. The topological polar surface area (TPSA) is 53.6 Å². The van der Waals surface area contributed by atoms with Gasteiger partial charge >= 0.3 is 0 Å². The van der Waals surface area contributed by atoms with Crippen molar-refractivity contribution in [1.29, 1.82) is 0 Å². The van der Waals surface area contributed by atoms with Crippen LogP contribution in [0, 0.1) is 0 Å². The number of piperidine rings is 1. The van der Waals surface area contributed by atoms with Crippen molar-refractivity contribution in [2.75, 3.05) is 33.4 Å². The first-order valence-corrected chi connectivity index (χ1v) is 7.26. The van der Waals surface area contributed by atoms with E-state index < -0.39 is 18.1 Å². The van der Waals surface area contributed by atoms with Crippen molar-refractivity contribution in [3.63, 3.8) is 0 Å². The Morgan fingerprint density at radius 2 is 1.53 bits per heavy atom. The fourth-order valence-electron chi connectivity index (χ4n) is 4.08. The minimum absolute atomic E-state index is 0.158. The van der Waals surface area contributed by atoms with E-state index in [2.05, 4.69) is 5.32 Å². The Morgan fingerprint density at radius 1 is 1.05 bits per heavy atom. The van der Waals surface area contributed by atoms with Crippen molar-refractivity contribution < 1.29 is 18.8 Å². The number of hydrogen-bond acceptors (Lipinski definition) is 4. The first-order valence-electron chi connectivity index (χ1n) is 8.76. The summed E-state index contributed by atoms with van der Waals surface area (Å²) < 4.78 is 33.4. The number of rotatable bonds is 1. The molecule has 5 heteroatoms. The zero-order valence-electron chi connectivity index (χ0n) is 14.3. The summed E-state index contributed by atoms with van der Waals surface area (Å²) >= 11 is 0. The summed E-state index contributed by atoms with van der Waals surface area (Å²) in [5.74, 6) is 0. The maximum absolute atomic E-state index is 13.2. The molecule has 0 unspecified atom stereocenters. The molecule has 3 heterocycles. The number of ether oxygens (including phenoxy) is 2. The molecule has 19 heavy (non-hydrogen) atoms. The van der Waals surface area contributed by atoms with Gasteiger partial charge in [0.2, 0.25) is 0 Å². The van der Waals surface area contributed by atoms with Crippen LogP contribution >= 0.6 is 0 Å². The second-order valence-corrected chi connectivity index (χ2v) is 6.22. The molecule has 0 aromatic carbocycles. The molecule has 1 radical (unpaired) electrons. The molecule has 0 atom stereocenters. The van der Waals surface area contributed by atoms with Crippen LogP contribution in [-0.4, -0.2) is 55.6 Å². The van der Waals surface area contributed by atoms with Crippen LogP contribution < -0.4 is 5.32 Å². The largest absolute Gasteiger partial charge is 0.381 e. The molecule has 0 bridgehead atoms. The molecule has 0 aromatic heterocycles. The van der Waals surface area contributed by atoms with Crippen molar-refractivity contribution >= 4 is 0 Å². The minimum atomic E-state index is -2.17. The number of hydroxylamine groups is 2. The molecule has 3 aliphatic rings. The molecular weight excluding hydrogens is 244 g/mol. The van der Waals surface area contributed by atoms with Crippen LogP contribution in [0.4, 0.5) is 0 Å². The molecular formula is C14H25N2O3. The predicted molar refractivity (Wildman–Crippen MR) is 70.2 cm³/mol. The van der Waals surface area contributed by atoms with Crippen LogP contribution in [-0.2, 0) is 14.7 Å². The Labute approximate surface area is 119 Å². The van der Waals surface area contributed by atoms with E-state index in [1.54, 1.807) is 0 Å². The minimum Gasteiger partial charge on any atom is -0.381 e. The van der Waals surface area contributed by atoms with Gasteiger partial charge in [-0.1, -0.05) is 0 Å². The lowest BCUT2D eigenvalue weighted by molar-refractivity contribution is -0.330. The highest BCUT2D eigenvalue weighted by Crippen LogP contribution is 2.47. The highest BCUT2D eigenvalue weighted by atomic mass is 16.5. The van der Waals surface area contributed by atoms with Gasteiger partial charge in [-0.25, -0.2) is 0 Å². The standard InChI is InChI=1S/C14H25N2O3/c1-15-12-10-13(2-6-18-7-3-13)16(17)14(11-12)4-8-19-9-5-14/h12,15H,2-11H2,1H3/i1D3. The molecule has 2 spiro atoms. The van der Waals surface area contributed by atoms with E-state index >= 15 is 0 Å². The average Bonchev–Trinajstić information content (AvgIpc) is 2.45. The fourth-order valence-corrected chi connectivity index (χ4v) is 4.08. The normalized spacial score (nSPS) is 37.7. The SMILES string of the molecule is [2H]C([2H])([2H])NC1CC2(CCOCC2)N([O])C2(CCOCC2)C1. The maximum atomic E-state index is 13.2. The van der Waals surface area contributed by atoms with E-state index in [-0.39, 0.29) is 6.04 Å². The second-order valence-electron chi connectivity index (χ2n) is 6.22. The van der Waals surface area contributed by atoms with E-state index in [4.69, 9.17) is 13.6 Å². The predicted octanol–water partition coefficient (Wildman–Crippen LogP) is 1.11.